The fraction of sp³-hybridized carbons (Fsp3) is 0.125. The van der Waals surface area contributed by atoms with Crippen molar-refractivity contribution in [1.82, 2.24) is 0 Å². The molecule has 1 unspecified atom stereocenters. The number of carboxylic acid groups (broad SMARTS) is 1. The van der Waals surface area contributed by atoms with E-state index >= 15 is 0 Å². The summed E-state index contributed by atoms with van der Waals surface area (Å²) in [4.78, 5) is 10.0. The van der Waals surface area contributed by atoms with Gasteiger partial charge in [-0.25, -0.2) is 4.79 Å². The van der Waals surface area contributed by atoms with Gasteiger partial charge in [-0.1, -0.05) is 18.2 Å². The monoisotopic (exact) mass is 262 g/mol. The van der Waals surface area contributed by atoms with E-state index in [-0.39, 0.29) is 6.61 Å². The first-order valence-corrected chi connectivity index (χ1v) is 5.75. The average molecular weight is 262 g/mol. The molecule has 0 aromatic heterocycles. The third kappa shape index (κ3) is 7.46. The fourth-order valence-corrected chi connectivity index (χ4v) is 0.662. The Kier molecular flexibility index (Phi) is 7.69. The molecule has 0 spiro atoms. The maximum absolute atomic E-state index is 10.0. The fourth-order valence-electron chi connectivity index (χ4n) is 0.662. The molecule has 1 aromatic rings. The van der Waals surface area contributed by atoms with Crippen LogP contribution in [0.2, 0.25) is 0 Å². The molecule has 14 heavy (non-hydrogen) atoms. The third-order valence-electron chi connectivity index (χ3n) is 1.11. The molecule has 0 heterocycles. The summed E-state index contributed by atoms with van der Waals surface area (Å²) in [5.41, 5.74) is 0. The van der Waals surface area contributed by atoms with Gasteiger partial charge in [0.25, 0.3) is 0 Å². The number of hydrogen-bond donors (Lipinski definition) is 2. The van der Waals surface area contributed by atoms with Crippen LogP contribution < -0.4 is 4.74 Å². The molecule has 0 radical (unpaired) electrons. The van der Waals surface area contributed by atoms with E-state index in [0.717, 1.165) is 0 Å². The first kappa shape index (κ1) is 12.8. The van der Waals surface area contributed by atoms with E-state index in [2.05, 4.69) is 0 Å². The molecule has 0 bridgehead atoms. The van der Waals surface area contributed by atoms with Crippen molar-refractivity contribution < 1.29 is 22.5 Å². The molecular formula is C8H11AsO5. The summed E-state index contributed by atoms with van der Waals surface area (Å²) < 4.78 is 20.7. The Labute approximate surface area is 87.6 Å². The van der Waals surface area contributed by atoms with Crippen molar-refractivity contribution in [2.45, 2.75) is 0 Å². The molecule has 1 aromatic carbocycles. The third-order valence-corrected chi connectivity index (χ3v) is 1.11. The number of ether oxygens (including phenoxy) is 1. The summed E-state index contributed by atoms with van der Waals surface area (Å²) in [7, 11) is 0. The Morgan fingerprint density at radius 2 is 1.86 bits per heavy atom. The van der Waals surface area contributed by atoms with Gasteiger partial charge in [0.05, 0.1) is 0 Å². The molecule has 0 aliphatic heterocycles. The van der Waals surface area contributed by atoms with E-state index < -0.39 is 22.0 Å². The van der Waals surface area contributed by atoms with Crippen LogP contribution in [-0.4, -0.2) is 37.8 Å². The van der Waals surface area contributed by atoms with Crippen molar-refractivity contribution in [2.24, 2.45) is 0 Å². The summed E-state index contributed by atoms with van der Waals surface area (Å²) in [6.07, 6.45) is 0. The molecule has 6 heteroatoms. The van der Waals surface area contributed by atoms with Crippen molar-refractivity contribution in [2.75, 3.05) is 6.61 Å². The van der Waals surface area contributed by atoms with Gasteiger partial charge in [-0.3, -0.25) is 0 Å². The molecule has 0 saturated carbocycles. The Bertz CT molecular complexity index is 274. The van der Waals surface area contributed by atoms with Gasteiger partial charge in [-0.2, -0.15) is 0 Å². The standard InChI is InChI=1S/C8H8O3.AsH3O2/c9-8(10)6-11-7-4-2-1-3-5-7;2-1-3/h1-5H,6H2,(H,9,10);1H2,(H,2,3). The van der Waals surface area contributed by atoms with Gasteiger partial charge >= 0.3 is 29.8 Å². The van der Waals surface area contributed by atoms with Crippen LogP contribution in [0, 0.1) is 0 Å². The molecule has 5 nitrogen and oxygen atoms in total. The van der Waals surface area contributed by atoms with Crippen molar-refractivity contribution in [3.8, 4) is 5.75 Å². The van der Waals surface area contributed by atoms with Crippen LogP contribution in [-0.2, 0) is 8.53 Å². The van der Waals surface area contributed by atoms with Crippen LogP contribution in [0.4, 0.5) is 0 Å². The second-order valence-electron chi connectivity index (χ2n) is 2.10. The SMILES string of the molecule is O=C(O)COc1ccccc1.O=[AsH2]O. The Balaban J connectivity index is 0.000000500. The van der Waals surface area contributed by atoms with Gasteiger partial charge in [-0.05, 0) is 12.1 Å². The zero-order valence-electron chi connectivity index (χ0n) is 7.29. The van der Waals surface area contributed by atoms with Crippen LogP contribution in [0.15, 0.2) is 30.3 Å². The van der Waals surface area contributed by atoms with Crippen molar-refractivity contribution in [3.63, 3.8) is 0 Å². The quantitative estimate of drug-likeness (QED) is 0.721. The van der Waals surface area contributed by atoms with Gasteiger partial charge in [-0.15, -0.1) is 0 Å². The summed E-state index contributed by atoms with van der Waals surface area (Å²) in [5, 5.41) is 8.25. The summed E-state index contributed by atoms with van der Waals surface area (Å²) >= 11 is -1.94. The zero-order valence-corrected chi connectivity index (χ0v) is 9.71. The molecule has 0 fully saturated rings. The van der Waals surface area contributed by atoms with Crippen LogP contribution in [0.1, 0.15) is 0 Å². The Morgan fingerprint density at radius 3 is 2.29 bits per heavy atom. The number of carboxylic acids is 1. The molecule has 0 saturated heterocycles. The Morgan fingerprint density at radius 1 is 1.36 bits per heavy atom. The van der Waals surface area contributed by atoms with E-state index in [1.165, 1.54) is 0 Å². The normalized spacial score (nSPS) is 9.21. The number of rotatable bonds is 3. The number of hydrogen-bond acceptors (Lipinski definition) is 3. The van der Waals surface area contributed by atoms with Crippen molar-refractivity contribution >= 4 is 22.0 Å². The molecule has 78 valence electrons. The second-order valence-corrected chi connectivity index (χ2v) is 2.54. The van der Waals surface area contributed by atoms with Gasteiger partial charge < -0.3 is 9.84 Å². The van der Waals surface area contributed by atoms with Crippen LogP contribution in [0.5, 0.6) is 5.75 Å². The zero-order chi connectivity index (χ0) is 10.8. The van der Waals surface area contributed by atoms with Gasteiger partial charge in [0, 0.05) is 0 Å². The van der Waals surface area contributed by atoms with Crippen LogP contribution in [0.3, 0.4) is 0 Å². The van der Waals surface area contributed by atoms with Gasteiger partial charge in [0.15, 0.2) is 6.61 Å². The minimum absolute atomic E-state index is 0.288. The minimum atomic E-state index is -1.94. The molecule has 0 aliphatic carbocycles. The first-order chi connectivity index (χ1) is 6.70. The van der Waals surface area contributed by atoms with Crippen molar-refractivity contribution in [3.05, 3.63) is 30.3 Å². The van der Waals surface area contributed by atoms with Gasteiger partial charge in [0.1, 0.15) is 5.75 Å². The molecule has 1 rings (SSSR count). The van der Waals surface area contributed by atoms with Crippen LogP contribution in [0.25, 0.3) is 0 Å². The summed E-state index contributed by atoms with van der Waals surface area (Å²) in [5.74, 6) is -0.385. The molecule has 2 N–H and O–H groups in total. The van der Waals surface area contributed by atoms with Crippen LogP contribution >= 0.6 is 0 Å². The van der Waals surface area contributed by atoms with E-state index in [0.29, 0.717) is 5.75 Å². The van der Waals surface area contributed by atoms with Gasteiger partial charge in [0.2, 0.25) is 0 Å². The predicted octanol–water partition coefficient (Wildman–Crippen LogP) is -0.442. The number of carbonyl (C=O) groups is 1. The maximum atomic E-state index is 10.0. The second kappa shape index (κ2) is 8.41. The summed E-state index contributed by atoms with van der Waals surface area (Å²) in [6.45, 7) is -0.288. The number of para-hydroxylation sites is 1. The molecular weight excluding hydrogens is 251 g/mol. The van der Waals surface area contributed by atoms with E-state index in [9.17, 15) is 4.79 Å². The van der Waals surface area contributed by atoms with Crippen molar-refractivity contribution in [1.29, 1.82) is 0 Å². The molecule has 1 atom stereocenters. The molecule has 0 aliphatic rings. The average Bonchev–Trinajstić information content (AvgIpc) is 2.18. The molecule has 0 amide bonds. The topological polar surface area (TPSA) is 83.8 Å². The predicted molar refractivity (Wildman–Crippen MR) is 51.0 cm³/mol. The van der Waals surface area contributed by atoms with E-state index in [4.69, 9.17) is 17.7 Å². The Hall–Kier alpha value is -1.19. The summed E-state index contributed by atoms with van der Waals surface area (Å²) in [6, 6.07) is 8.84. The van der Waals surface area contributed by atoms with E-state index in [1.54, 1.807) is 24.3 Å². The number of aliphatic carboxylic acids is 1. The van der Waals surface area contributed by atoms with E-state index in [1.807, 2.05) is 6.07 Å². The first-order valence-electron chi connectivity index (χ1n) is 3.68. The number of benzene rings is 1.